The van der Waals surface area contributed by atoms with Crippen LogP contribution in [0.2, 0.25) is 0 Å². The van der Waals surface area contributed by atoms with Gasteiger partial charge >= 0.3 is 0 Å². The Bertz CT molecular complexity index is 512. The molecule has 0 aliphatic carbocycles. The van der Waals surface area contributed by atoms with Crippen LogP contribution in [-0.4, -0.2) is 0 Å². The molecule has 0 aliphatic rings. The monoisotopic (exact) mass is 215 g/mol. The van der Waals surface area contributed by atoms with Gasteiger partial charge in [0, 0.05) is 5.69 Å². The van der Waals surface area contributed by atoms with Crippen molar-refractivity contribution >= 4 is 5.69 Å². The Kier molecular flexibility index (Phi) is 2.65. The van der Waals surface area contributed by atoms with Crippen LogP contribution < -0.4 is 5.73 Å². The minimum atomic E-state index is -0.211. The molecule has 0 saturated heterocycles. The van der Waals surface area contributed by atoms with Crippen molar-refractivity contribution in [2.24, 2.45) is 0 Å². The molecule has 0 saturated carbocycles. The fourth-order valence-corrected chi connectivity index (χ4v) is 1.84. The first-order valence-electron chi connectivity index (χ1n) is 5.20. The summed E-state index contributed by atoms with van der Waals surface area (Å²) in [6.07, 6.45) is 0. The topological polar surface area (TPSA) is 26.0 Å². The molecule has 0 aromatic heterocycles. The zero-order chi connectivity index (χ0) is 11.7. The lowest BCUT2D eigenvalue weighted by Gasteiger charge is -2.08. The van der Waals surface area contributed by atoms with Crippen LogP contribution in [0.1, 0.15) is 11.1 Å². The molecule has 0 heterocycles. The van der Waals surface area contributed by atoms with E-state index in [0.29, 0.717) is 5.69 Å². The normalized spacial score (nSPS) is 10.4. The molecule has 82 valence electrons. The Morgan fingerprint density at radius 3 is 2.44 bits per heavy atom. The minimum Gasteiger partial charge on any atom is -0.399 e. The molecule has 0 fully saturated rings. The van der Waals surface area contributed by atoms with Crippen LogP contribution in [0.3, 0.4) is 0 Å². The highest BCUT2D eigenvalue weighted by atomic mass is 19.1. The van der Waals surface area contributed by atoms with Crippen molar-refractivity contribution in [2.45, 2.75) is 13.8 Å². The van der Waals surface area contributed by atoms with E-state index in [1.54, 1.807) is 0 Å². The lowest BCUT2D eigenvalue weighted by atomic mass is 9.98. The van der Waals surface area contributed by atoms with Gasteiger partial charge in [-0.05, 0) is 60.4 Å². The maximum Gasteiger partial charge on any atom is 0.124 e. The SMILES string of the molecule is Cc1cc(F)cc(-c2cc(N)ccc2C)c1. The van der Waals surface area contributed by atoms with Crippen LogP contribution in [0.15, 0.2) is 36.4 Å². The van der Waals surface area contributed by atoms with Gasteiger partial charge in [0.05, 0.1) is 0 Å². The van der Waals surface area contributed by atoms with Gasteiger partial charge < -0.3 is 5.73 Å². The maximum atomic E-state index is 13.3. The number of anilines is 1. The predicted octanol–water partition coefficient (Wildman–Crippen LogP) is 3.69. The number of halogens is 1. The second kappa shape index (κ2) is 3.97. The van der Waals surface area contributed by atoms with E-state index in [2.05, 4.69) is 0 Å². The molecule has 1 nitrogen and oxygen atoms in total. The summed E-state index contributed by atoms with van der Waals surface area (Å²) in [5.74, 6) is -0.211. The summed E-state index contributed by atoms with van der Waals surface area (Å²) in [4.78, 5) is 0. The zero-order valence-electron chi connectivity index (χ0n) is 9.42. The third-order valence-electron chi connectivity index (χ3n) is 2.61. The largest absolute Gasteiger partial charge is 0.399 e. The summed E-state index contributed by atoms with van der Waals surface area (Å²) in [6, 6.07) is 10.7. The second-order valence-corrected chi connectivity index (χ2v) is 4.09. The van der Waals surface area contributed by atoms with Gasteiger partial charge in [0.1, 0.15) is 5.82 Å². The van der Waals surface area contributed by atoms with E-state index in [1.807, 2.05) is 38.1 Å². The van der Waals surface area contributed by atoms with Gasteiger partial charge in [-0.25, -0.2) is 4.39 Å². The second-order valence-electron chi connectivity index (χ2n) is 4.09. The fourth-order valence-electron chi connectivity index (χ4n) is 1.84. The molecule has 2 heteroatoms. The first-order chi connectivity index (χ1) is 7.56. The van der Waals surface area contributed by atoms with Crippen molar-refractivity contribution in [2.75, 3.05) is 5.73 Å². The molecule has 2 rings (SSSR count). The average Bonchev–Trinajstić information content (AvgIpc) is 2.20. The van der Waals surface area contributed by atoms with Gasteiger partial charge in [-0.1, -0.05) is 12.1 Å². The van der Waals surface area contributed by atoms with Gasteiger partial charge in [-0.15, -0.1) is 0 Å². The lowest BCUT2D eigenvalue weighted by molar-refractivity contribution is 0.627. The Morgan fingerprint density at radius 1 is 1.00 bits per heavy atom. The molecular formula is C14H14FN. The Balaban J connectivity index is 2.62. The molecule has 16 heavy (non-hydrogen) atoms. The number of nitrogen functional groups attached to an aromatic ring is 1. The molecule has 0 atom stereocenters. The Labute approximate surface area is 94.7 Å². The summed E-state index contributed by atoms with van der Waals surface area (Å²) in [7, 11) is 0. The van der Waals surface area contributed by atoms with E-state index in [4.69, 9.17) is 5.73 Å². The third-order valence-corrected chi connectivity index (χ3v) is 2.61. The van der Waals surface area contributed by atoms with E-state index < -0.39 is 0 Å². The average molecular weight is 215 g/mol. The van der Waals surface area contributed by atoms with Gasteiger partial charge in [-0.3, -0.25) is 0 Å². The van der Waals surface area contributed by atoms with E-state index >= 15 is 0 Å². The highest BCUT2D eigenvalue weighted by Gasteiger charge is 2.04. The molecule has 2 aromatic carbocycles. The van der Waals surface area contributed by atoms with Crippen molar-refractivity contribution in [3.05, 3.63) is 53.3 Å². The smallest absolute Gasteiger partial charge is 0.124 e. The lowest BCUT2D eigenvalue weighted by Crippen LogP contribution is -1.90. The summed E-state index contributed by atoms with van der Waals surface area (Å²) in [5, 5.41) is 0. The summed E-state index contributed by atoms with van der Waals surface area (Å²) in [6.45, 7) is 3.88. The van der Waals surface area contributed by atoms with Gasteiger partial charge in [0.15, 0.2) is 0 Å². The van der Waals surface area contributed by atoms with Crippen LogP contribution >= 0.6 is 0 Å². The highest BCUT2D eigenvalue weighted by Crippen LogP contribution is 2.27. The van der Waals surface area contributed by atoms with E-state index in [9.17, 15) is 4.39 Å². The number of rotatable bonds is 1. The summed E-state index contributed by atoms with van der Waals surface area (Å²) < 4.78 is 13.3. The number of nitrogens with two attached hydrogens (primary N) is 1. The molecule has 0 spiro atoms. The molecule has 0 amide bonds. The van der Waals surface area contributed by atoms with E-state index in [-0.39, 0.29) is 5.82 Å². The summed E-state index contributed by atoms with van der Waals surface area (Å²) in [5.41, 5.74) is 10.3. The third kappa shape index (κ3) is 2.06. The number of benzene rings is 2. The van der Waals surface area contributed by atoms with Gasteiger partial charge in [-0.2, -0.15) is 0 Å². The molecule has 2 aromatic rings. The quantitative estimate of drug-likeness (QED) is 0.721. The van der Waals surface area contributed by atoms with Crippen molar-refractivity contribution in [3.8, 4) is 11.1 Å². The van der Waals surface area contributed by atoms with Crippen LogP contribution in [0, 0.1) is 19.7 Å². The first-order valence-corrected chi connectivity index (χ1v) is 5.20. The fraction of sp³-hybridized carbons (Fsp3) is 0.143. The minimum absolute atomic E-state index is 0.211. The van der Waals surface area contributed by atoms with E-state index in [0.717, 1.165) is 22.3 Å². The Morgan fingerprint density at radius 2 is 1.75 bits per heavy atom. The van der Waals surface area contributed by atoms with Crippen LogP contribution in [0.5, 0.6) is 0 Å². The molecular weight excluding hydrogens is 201 g/mol. The van der Waals surface area contributed by atoms with Crippen LogP contribution in [-0.2, 0) is 0 Å². The molecule has 0 aliphatic heterocycles. The number of hydrogen-bond acceptors (Lipinski definition) is 1. The first kappa shape index (κ1) is 10.7. The van der Waals surface area contributed by atoms with Gasteiger partial charge in [0.25, 0.3) is 0 Å². The standard InChI is InChI=1S/C14H14FN/c1-9-5-11(7-12(15)6-9)14-8-13(16)4-3-10(14)2/h3-8H,16H2,1-2H3. The molecule has 0 bridgehead atoms. The van der Waals surface area contributed by atoms with Crippen LogP contribution in [0.25, 0.3) is 11.1 Å². The number of hydrogen-bond donors (Lipinski definition) is 1. The van der Waals surface area contributed by atoms with Gasteiger partial charge in [0.2, 0.25) is 0 Å². The van der Waals surface area contributed by atoms with Crippen LogP contribution in [0.4, 0.5) is 10.1 Å². The number of aryl methyl sites for hydroxylation is 2. The van der Waals surface area contributed by atoms with Crippen molar-refractivity contribution in [3.63, 3.8) is 0 Å². The maximum absolute atomic E-state index is 13.3. The highest BCUT2D eigenvalue weighted by molar-refractivity contribution is 5.71. The zero-order valence-corrected chi connectivity index (χ0v) is 9.42. The Hall–Kier alpha value is -1.83. The molecule has 2 N–H and O–H groups in total. The van der Waals surface area contributed by atoms with Crippen molar-refractivity contribution in [1.82, 2.24) is 0 Å². The van der Waals surface area contributed by atoms with E-state index in [1.165, 1.54) is 12.1 Å². The molecule has 0 radical (unpaired) electrons. The van der Waals surface area contributed by atoms with Crippen molar-refractivity contribution in [1.29, 1.82) is 0 Å². The summed E-state index contributed by atoms with van der Waals surface area (Å²) >= 11 is 0. The molecule has 0 unspecified atom stereocenters. The van der Waals surface area contributed by atoms with Crippen molar-refractivity contribution < 1.29 is 4.39 Å². The predicted molar refractivity (Wildman–Crippen MR) is 65.7 cm³/mol.